The first kappa shape index (κ1) is 15.5. The first-order valence-electron chi connectivity index (χ1n) is 4.77. The molecule has 0 amide bonds. The van der Waals surface area contributed by atoms with Gasteiger partial charge >= 0.3 is 0 Å². The van der Waals surface area contributed by atoms with Crippen LogP contribution in [0.4, 0.5) is 0 Å². The van der Waals surface area contributed by atoms with Crippen molar-refractivity contribution in [2.75, 3.05) is 13.1 Å². The zero-order valence-electron chi connectivity index (χ0n) is 8.55. The molecule has 0 bridgehead atoms. The fourth-order valence-corrected chi connectivity index (χ4v) is 1.21. The molecule has 1 fully saturated rings. The van der Waals surface area contributed by atoms with Gasteiger partial charge in [-0.25, -0.2) is 0 Å². The van der Waals surface area contributed by atoms with Crippen LogP contribution in [0.2, 0.25) is 0 Å². The van der Waals surface area contributed by atoms with Crippen LogP contribution in [-0.2, 0) is 32.7 Å². The fraction of sp³-hybridized carbons (Fsp3) is 0.900. The van der Waals surface area contributed by atoms with E-state index in [9.17, 15) is 0 Å². The van der Waals surface area contributed by atoms with Crippen molar-refractivity contribution in [2.24, 2.45) is 5.92 Å². The Labute approximate surface area is 103 Å². The zero-order valence-corrected chi connectivity index (χ0v) is 11.4. The van der Waals surface area contributed by atoms with Gasteiger partial charge in [-0.3, -0.25) is 0 Å². The van der Waals surface area contributed by atoms with Crippen LogP contribution in [-0.4, -0.2) is 13.1 Å². The molecule has 1 rings (SSSR count). The van der Waals surface area contributed by atoms with Gasteiger partial charge in [-0.15, -0.1) is 13.1 Å². The van der Waals surface area contributed by atoms with Crippen LogP contribution in [0.15, 0.2) is 0 Å². The average molecular weight is 244 g/mol. The summed E-state index contributed by atoms with van der Waals surface area (Å²) in [7, 11) is 0. The molecule has 0 aromatic heterocycles. The van der Waals surface area contributed by atoms with E-state index in [2.05, 4.69) is 19.2 Å². The van der Waals surface area contributed by atoms with Gasteiger partial charge in [-0.05, 0) is 5.92 Å². The number of rotatable bonds is 1. The molecule has 1 radical (unpaired) electrons. The van der Waals surface area contributed by atoms with Crippen molar-refractivity contribution in [3.63, 3.8) is 0 Å². The van der Waals surface area contributed by atoms with Crippen LogP contribution in [0.3, 0.4) is 0 Å². The molecule has 0 saturated carbocycles. The molecule has 1 saturated heterocycles. The molecule has 0 N–H and O–H groups in total. The second kappa shape index (κ2) is 12.1. The molecule has 12 heavy (non-hydrogen) atoms. The van der Waals surface area contributed by atoms with Crippen molar-refractivity contribution >= 4 is 0 Å². The van der Waals surface area contributed by atoms with E-state index >= 15 is 0 Å². The summed E-state index contributed by atoms with van der Waals surface area (Å²) in [5.41, 5.74) is 0. The maximum atomic E-state index is 4.28. The van der Waals surface area contributed by atoms with Gasteiger partial charge in [0, 0.05) is 32.7 Å². The predicted octanol–water partition coefficient (Wildman–Crippen LogP) is 3.41. The Morgan fingerprint density at radius 2 is 1.67 bits per heavy atom. The molecule has 1 nitrogen and oxygen atoms in total. The minimum Gasteiger partial charge on any atom is -0.662 e. The molecule has 0 aromatic carbocycles. The third-order valence-corrected chi connectivity index (χ3v) is 1.97. The number of hydrogen-bond donors (Lipinski definition) is 0. The molecule has 0 aliphatic carbocycles. The molecule has 0 unspecified atom stereocenters. The van der Waals surface area contributed by atoms with Gasteiger partial charge in [0.25, 0.3) is 0 Å². The van der Waals surface area contributed by atoms with Gasteiger partial charge in [-0.1, -0.05) is 33.1 Å². The minimum atomic E-state index is 0. The topological polar surface area (TPSA) is 14.1 Å². The fourth-order valence-electron chi connectivity index (χ4n) is 1.21. The van der Waals surface area contributed by atoms with E-state index in [1.165, 1.54) is 19.3 Å². The zero-order chi connectivity index (χ0) is 8.53. The average Bonchev–Trinajstić information content (AvgIpc) is 2.08. The molecule has 1 aliphatic rings. The van der Waals surface area contributed by atoms with E-state index in [1.54, 1.807) is 0 Å². The van der Waals surface area contributed by atoms with Crippen LogP contribution in [0.25, 0.3) is 5.32 Å². The molecular formula is C10H21NY-2. The molecule has 2 heteroatoms. The normalized spacial score (nSPS) is 17.2. The summed E-state index contributed by atoms with van der Waals surface area (Å²) in [4.78, 5) is 0. The van der Waals surface area contributed by atoms with Crippen LogP contribution >= 0.6 is 0 Å². The molecule has 0 atom stereocenters. The predicted molar refractivity (Wildman–Crippen MR) is 51.8 cm³/mol. The first-order valence-corrected chi connectivity index (χ1v) is 4.77. The largest absolute Gasteiger partial charge is 0.662 e. The summed E-state index contributed by atoms with van der Waals surface area (Å²) >= 11 is 0. The monoisotopic (exact) mass is 244 g/mol. The van der Waals surface area contributed by atoms with Crippen molar-refractivity contribution in [3.8, 4) is 0 Å². The van der Waals surface area contributed by atoms with Gasteiger partial charge in [0.15, 0.2) is 0 Å². The maximum Gasteiger partial charge on any atom is 0 e. The second-order valence-corrected chi connectivity index (χ2v) is 3.02. The van der Waals surface area contributed by atoms with Gasteiger partial charge in [0.05, 0.1) is 0 Å². The smallest absolute Gasteiger partial charge is 0 e. The Morgan fingerprint density at radius 1 is 1.25 bits per heavy atom. The summed E-state index contributed by atoms with van der Waals surface area (Å²) in [5, 5.41) is 4.28. The SMILES string of the molecule is CCC1CC[N-]CC1.[CH2-]CC.[Y]. The van der Waals surface area contributed by atoms with Crippen molar-refractivity contribution < 1.29 is 32.7 Å². The number of piperidine rings is 1. The van der Waals surface area contributed by atoms with E-state index in [4.69, 9.17) is 0 Å². The van der Waals surface area contributed by atoms with E-state index in [1.807, 2.05) is 6.92 Å². The number of hydrogen-bond acceptors (Lipinski definition) is 0. The van der Waals surface area contributed by atoms with Gasteiger partial charge in [0.1, 0.15) is 0 Å². The molecule has 1 heterocycles. The Morgan fingerprint density at radius 3 is 1.92 bits per heavy atom. The molecule has 0 spiro atoms. The van der Waals surface area contributed by atoms with Gasteiger partial charge < -0.3 is 12.2 Å². The molecular weight excluding hydrogens is 223 g/mol. The second-order valence-electron chi connectivity index (χ2n) is 3.02. The molecule has 0 aromatic rings. The third kappa shape index (κ3) is 9.15. The minimum absolute atomic E-state index is 0. The summed E-state index contributed by atoms with van der Waals surface area (Å²) in [5.74, 6) is 0.993. The Bertz CT molecular complexity index is 70.2. The summed E-state index contributed by atoms with van der Waals surface area (Å²) in [6.45, 7) is 10.0. The molecule has 71 valence electrons. The van der Waals surface area contributed by atoms with Crippen molar-refractivity contribution in [1.29, 1.82) is 0 Å². The van der Waals surface area contributed by atoms with Crippen LogP contribution in [0, 0.1) is 12.8 Å². The standard InChI is InChI=1S/C7H14N.C3H7.Y/c1-2-7-3-5-8-6-4-7;1-3-2;/h7H,2-6H2,1H3;1,3H2,2H3;/q2*-1;. The summed E-state index contributed by atoms with van der Waals surface area (Å²) in [6, 6.07) is 0. The van der Waals surface area contributed by atoms with E-state index in [-0.39, 0.29) is 32.7 Å². The van der Waals surface area contributed by atoms with Crippen molar-refractivity contribution in [3.05, 3.63) is 12.2 Å². The summed E-state index contributed by atoms with van der Waals surface area (Å²) in [6.07, 6.45) is 5.04. The van der Waals surface area contributed by atoms with Crippen molar-refractivity contribution in [2.45, 2.75) is 39.5 Å². The van der Waals surface area contributed by atoms with E-state index < -0.39 is 0 Å². The Hall–Kier alpha value is 1.06. The first-order chi connectivity index (χ1) is 5.35. The third-order valence-electron chi connectivity index (χ3n) is 1.97. The van der Waals surface area contributed by atoms with Crippen molar-refractivity contribution in [1.82, 2.24) is 0 Å². The number of nitrogens with zero attached hydrogens (tertiary/aromatic N) is 1. The maximum absolute atomic E-state index is 4.28. The van der Waals surface area contributed by atoms with Gasteiger partial charge in [-0.2, -0.15) is 6.42 Å². The summed E-state index contributed by atoms with van der Waals surface area (Å²) < 4.78 is 0. The van der Waals surface area contributed by atoms with E-state index in [0.29, 0.717) is 0 Å². The quantitative estimate of drug-likeness (QED) is 0.627. The van der Waals surface area contributed by atoms with Gasteiger partial charge in [0.2, 0.25) is 0 Å². The van der Waals surface area contributed by atoms with Crippen LogP contribution in [0.1, 0.15) is 39.5 Å². The van der Waals surface area contributed by atoms with Crippen LogP contribution < -0.4 is 0 Å². The molecule has 1 aliphatic heterocycles. The Kier molecular flexibility index (Phi) is 15.6. The Balaban J connectivity index is 0. The van der Waals surface area contributed by atoms with Crippen LogP contribution in [0.5, 0.6) is 0 Å². The van der Waals surface area contributed by atoms with E-state index in [0.717, 1.165) is 25.4 Å².